The number of ether oxygens (including phenoxy) is 2. The lowest BCUT2D eigenvalue weighted by Gasteiger charge is -2.19. The van der Waals surface area contributed by atoms with Crippen molar-refractivity contribution in [3.8, 4) is 11.5 Å². The molecule has 1 aromatic carbocycles. The number of carboxylic acid groups (broad SMARTS) is 1. The summed E-state index contributed by atoms with van der Waals surface area (Å²) in [4.78, 5) is 10.8. The summed E-state index contributed by atoms with van der Waals surface area (Å²) in [7, 11) is -3.86. The first kappa shape index (κ1) is 14.6. The molecule has 0 spiro atoms. The van der Waals surface area contributed by atoms with Gasteiger partial charge >= 0.3 is 5.97 Å². The van der Waals surface area contributed by atoms with Gasteiger partial charge < -0.3 is 14.6 Å². The second-order valence-corrected chi connectivity index (χ2v) is 6.19. The topological polar surface area (TPSA) is 93.1 Å². The quantitative estimate of drug-likeness (QED) is 0.839. The largest absolute Gasteiger partial charge is 0.480 e. The summed E-state index contributed by atoms with van der Waals surface area (Å²) in [5.74, 6) is -0.371. The molecule has 8 heteroatoms. The molecule has 0 aromatic heterocycles. The molecule has 0 aliphatic carbocycles. The lowest BCUT2D eigenvalue weighted by Crippen LogP contribution is -2.36. The normalized spacial score (nSPS) is 13.7. The zero-order valence-corrected chi connectivity index (χ0v) is 11.7. The number of carbonyl (C=O) groups is 1. The van der Waals surface area contributed by atoms with Crippen LogP contribution in [0.4, 0.5) is 0 Å². The van der Waals surface area contributed by atoms with E-state index in [4.69, 9.17) is 14.6 Å². The third-order valence-electron chi connectivity index (χ3n) is 2.77. The Morgan fingerprint density at radius 2 is 2.05 bits per heavy atom. The van der Waals surface area contributed by atoms with E-state index in [1.807, 2.05) is 0 Å². The Morgan fingerprint density at radius 1 is 1.35 bits per heavy atom. The SMILES string of the molecule is CCCN(CC(=O)O)S(=O)(=O)c1ccc2c(c1)OCO2. The van der Waals surface area contributed by atoms with Crippen molar-refractivity contribution in [3.05, 3.63) is 18.2 Å². The van der Waals surface area contributed by atoms with E-state index in [1.54, 1.807) is 6.92 Å². The van der Waals surface area contributed by atoms with Crippen molar-refractivity contribution in [3.63, 3.8) is 0 Å². The summed E-state index contributed by atoms with van der Waals surface area (Å²) in [6.45, 7) is 1.41. The average molecular weight is 301 g/mol. The molecule has 0 fully saturated rings. The van der Waals surface area contributed by atoms with Gasteiger partial charge in [0.2, 0.25) is 16.8 Å². The smallest absolute Gasteiger partial charge is 0.318 e. The van der Waals surface area contributed by atoms with Gasteiger partial charge in [0.05, 0.1) is 4.90 Å². The molecule has 0 saturated carbocycles. The minimum Gasteiger partial charge on any atom is -0.480 e. The number of aliphatic carboxylic acids is 1. The van der Waals surface area contributed by atoms with Crippen molar-refractivity contribution in [2.45, 2.75) is 18.2 Å². The van der Waals surface area contributed by atoms with Gasteiger partial charge in [-0.15, -0.1) is 0 Å². The first-order valence-corrected chi connectivity index (χ1v) is 7.50. The van der Waals surface area contributed by atoms with Crippen LogP contribution in [0.25, 0.3) is 0 Å². The third-order valence-corrected chi connectivity index (χ3v) is 4.61. The fourth-order valence-electron chi connectivity index (χ4n) is 1.87. The Morgan fingerprint density at radius 3 is 2.70 bits per heavy atom. The Hall–Kier alpha value is -1.80. The predicted molar refractivity (Wildman–Crippen MR) is 69.3 cm³/mol. The zero-order valence-electron chi connectivity index (χ0n) is 10.9. The van der Waals surface area contributed by atoms with Crippen molar-refractivity contribution in [1.29, 1.82) is 0 Å². The summed E-state index contributed by atoms with van der Waals surface area (Å²) in [5.41, 5.74) is 0. The molecule has 0 atom stereocenters. The number of benzene rings is 1. The van der Waals surface area contributed by atoms with Gasteiger partial charge in [0.1, 0.15) is 6.54 Å². The molecule has 1 aliphatic rings. The van der Waals surface area contributed by atoms with Gasteiger partial charge in [0, 0.05) is 12.6 Å². The lowest BCUT2D eigenvalue weighted by atomic mass is 10.3. The van der Waals surface area contributed by atoms with Crippen LogP contribution < -0.4 is 9.47 Å². The maximum Gasteiger partial charge on any atom is 0.318 e. The number of nitrogens with zero attached hydrogens (tertiary/aromatic N) is 1. The van der Waals surface area contributed by atoms with E-state index in [0.29, 0.717) is 17.9 Å². The molecule has 0 saturated heterocycles. The number of hydrogen-bond acceptors (Lipinski definition) is 5. The van der Waals surface area contributed by atoms with E-state index < -0.39 is 22.5 Å². The van der Waals surface area contributed by atoms with Gasteiger partial charge in [-0.2, -0.15) is 4.31 Å². The van der Waals surface area contributed by atoms with Crippen LogP contribution in [-0.2, 0) is 14.8 Å². The summed E-state index contributed by atoms with van der Waals surface area (Å²) in [5, 5.41) is 8.82. The number of hydrogen-bond donors (Lipinski definition) is 1. The maximum atomic E-state index is 12.4. The Kier molecular flexibility index (Phi) is 4.15. The van der Waals surface area contributed by atoms with Crippen LogP contribution in [-0.4, -0.2) is 43.7 Å². The van der Waals surface area contributed by atoms with Crippen molar-refractivity contribution in [2.24, 2.45) is 0 Å². The van der Waals surface area contributed by atoms with Gasteiger partial charge in [-0.1, -0.05) is 6.92 Å². The molecular weight excluding hydrogens is 286 g/mol. The molecule has 0 unspecified atom stereocenters. The number of sulfonamides is 1. The van der Waals surface area contributed by atoms with Crippen molar-refractivity contribution >= 4 is 16.0 Å². The van der Waals surface area contributed by atoms with Gasteiger partial charge in [-0.05, 0) is 18.6 Å². The number of carboxylic acids is 1. The molecule has 7 nitrogen and oxygen atoms in total. The van der Waals surface area contributed by atoms with E-state index in [2.05, 4.69) is 0 Å². The van der Waals surface area contributed by atoms with E-state index >= 15 is 0 Å². The molecule has 20 heavy (non-hydrogen) atoms. The van der Waals surface area contributed by atoms with Crippen molar-refractivity contribution in [2.75, 3.05) is 19.9 Å². The average Bonchev–Trinajstić information content (AvgIpc) is 2.84. The Labute approximate surface area is 116 Å². The van der Waals surface area contributed by atoms with Crippen LogP contribution in [0.2, 0.25) is 0 Å². The Balaban J connectivity index is 2.34. The summed E-state index contributed by atoms with van der Waals surface area (Å²) >= 11 is 0. The fraction of sp³-hybridized carbons (Fsp3) is 0.417. The van der Waals surface area contributed by atoms with Crippen LogP contribution in [0.15, 0.2) is 23.1 Å². The minimum atomic E-state index is -3.86. The van der Waals surface area contributed by atoms with Crippen LogP contribution in [0, 0.1) is 0 Å². The van der Waals surface area contributed by atoms with Crippen LogP contribution >= 0.6 is 0 Å². The van der Waals surface area contributed by atoms with E-state index in [0.717, 1.165) is 4.31 Å². The Bertz CT molecular complexity index is 612. The monoisotopic (exact) mass is 301 g/mol. The first-order valence-electron chi connectivity index (χ1n) is 6.06. The van der Waals surface area contributed by atoms with E-state index in [1.165, 1.54) is 18.2 Å². The molecule has 0 bridgehead atoms. The molecule has 1 heterocycles. The summed E-state index contributed by atoms with van der Waals surface area (Å²) < 4.78 is 36.0. The first-order chi connectivity index (χ1) is 9.45. The standard InChI is InChI=1S/C12H15NO6S/c1-2-5-13(7-12(14)15)20(16,17)9-3-4-10-11(6-9)19-8-18-10/h3-4,6H,2,5,7-8H2,1H3,(H,14,15). The molecule has 1 N–H and O–H groups in total. The fourth-order valence-corrected chi connectivity index (χ4v) is 3.37. The summed E-state index contributed by atoms with van der Waals surface area (Å²) in [6.07, 6.45) is 0.525. The third kappa shape index (κ3) is 2.86. The number of rotatable bonds is 6. The van der Waals surface area contributed by atoms with Crippen LogP contribution in [0.1, 0.15) is 13.3 Å². The van der Waals surface area contributed by atoms with Gasteiger partial charge in [-0.25, -0.2) is 8.42 Å². The highest BCUT2D eigenvalue weighted by Crippen LogP contribution is 2.34. The van der Waals surface area contributed by atoms with Crippen LogP contribution in [0.5, 0.6) is 11.5 Å². The molecule has 0 amide bonds. The molecule has 110 valence electrons. The molecule has 0 radical (unpaired) electrons. The second kappa shape index (κ2) is 5.68. The maximum absolute atomic E-state index is 12.4. The lowest BCUT2D eigenvalue weighted by molar-refractivity contribution is -0.137. The van der Waals surface area contributed by atoms with Gasteiger partial charge in [0.15, 0.2) is 11.5 Å². The highest BCUT2D eigenvalue weighted by Gasteiger charge is 2.27. The van der Waals surface area contributed by atoms with Crippen molar-refractivity contribution < 1.29 is 27.8 Å². The van der Waals surface area contributed by atoms with Crippen LogP contribution in [0.3, 0.4) is 0 Å². The zero-order chi connectivity index (χ0) is 14.8. The van der Waals surface area contributed by atoms with Crippen molar-refractivity contribution in [1.82, 2.24) is 4.31 Å². The molecule has 1 aromatic rings. The van der Waals surface area contributed by atoms with E-state index in [9.17, 15) is 13.2 Å². The van der Waals surface area contributed by atoms with Gasteiger partial charge in [0.25, 0.3) is 0 Å². The van der Waals surface area contributed by atoms with Gasteiger partial charge in [-0.3, -0.25) is 4.79 Å². The summed E-state index contributed by atoms with van der Waals surface area (Å²) in [6, 6.07) is 4.23. The minimum absolute atomic E-state index is 0.00329. The highest BCUT2D eigenvalue weighted by molar-refractivity contribution is 7.89. The second-order valence-electron chi connectivity index (χ2n) is 4.25. The van der Waals surface area contributed by atoms with E-state index in [-0.39, 0.29) is 18.2 Å². The predicted octanol–water partition coefficient (Wildman–Crippen LogP) is 0.901. The highest BCUT2D eigenvalue weighted by atomic mass is 32.2. The number of fused-ring (bicyclic) bond motifs is 1. The molecular formula is C12H15NO6S. The molecule has 1 aliphatic heterocycles. The molecule has 2 rings (SSSR count).